The molecule has 1 unspecified atom stereocenters. The lowest BCUT2D eigenvalue weighted by atomic mass is 9.84. The van der Waals surface area contributed by atoms with Gasteiger partial charge < -0.3 is 15.3 Å². The van der Waals surface area contributed by atoms with Crippen molar-refractivity contribution in [1.29, 1.82) is 0 Å². The van der Waals surface area contributed by atoms with Crippen molar-refractivity contribution in [3.63, 3.8) is 0 Å². The van der Waals surface area contributed by atoms with E-state index in [0.717, 1.165) is 13.0 Å². The van der Waals surface area contributed by atoms with Crippen LogP contribution in [0, 0.1) is 11.3 Å². The maximum absolute atomic E-state index is 13.7. The number of hydrogen-bond acceptors (Lipinski definition) is 4. The first kappa shape index (κ1) is 27.7. The number of carboxylic acid groups (broad SMARTS) is 1. The number of amides is 2. The zero-order chi connectivity index (χ0) is 26.9. The Hall–Kier alpha value is -2.93. The Morgan fingerprint density at radius 2 is 1.83 bits per heavy atom. The molecule has 0 spiro atoms. The van der Waals surface area contributed by atoms with Gasteiger partial charge in [0.1, 0.15) is 6.04 Å². The Morgan fingerprint density at radius 3 is 2.42 bits per heavy atom. The summed E-state index contributed by atoms with van der Waals surface area (Å²) < 4.78 is 0. The number of fused-ring (bicyclic) bond motifs is 2. The number of hydrogen-bond donors (Lipinski definition) is 2. The lowest BCUT2D eigenvalue weighted by Gasteiger charge is -2.39. The van der Waals surface area contributed by atoms with Gasteiger partial charge in [0.15, 0.2) is 0 Å². The van der Waals surface area contributed by atoms with Gasteiger partial charge in [-0.1, -0.05) is 65.0 Å². The van der Waals surface area contributed by atoms with E-state index in [4.69, 9.17) is 0 Å². The van der Waals surface area contributed by atoms with E-state index in [-0.39, 0.29) is 29.3 Å². The molecule has 1 aromatic carbocycles. The van der Waals surface area contributed by atoms with Gasteiger partial charge in [-0.2, -0.15) is 0 Å². The van der Waals surface area contributed by atoms with Gasteiger partial charge in [0, 0.05) is 19.2 Å². The first-order chi connectivity index (χ1) is 16.7. The predicted octanol–water partition coefficient (Wildman–Crippen LogP) is 3.75. The summed E-state index contributed by atoms with van der Waals surface area (Å²) in [4.78, 5) is 42.4. The van der Waals surface area contributed by atoms with Crippen LogP contribution in [0.2, 0.25) is 0 Å². The van der Waals surface area contributed by atoms with E-state index < -0.39 is 23.5 Å². The van der Waals surface area contributed by atoms with Gasteiger partial charge in [-0.3, -0.25) is 14.5 Å². The molecule has 0 saturated heterocycles. The van der Waals surface area contributed by atoms with Gasteiger partial charge in [-0.25, -0.2) is 4.79 Å². The molecule has 0 aromatic heterocycles. The van der Waals surface area contributed by atoms with E-state index in [0.29, 0.717) is 6.42 Å². The van der Waals surface area contributed by atoms with Crippen molar-refractivity contribution in [2.45, 2.75) is 72.5 Å². The molecule has 0 radical (unpaired) electrons. The molecule has 2 amide bonds. The molecule has 7 nitrogen and oxygen atoms in total. The van der Waals surface area contributed by atoms with Gasteiger partial charge in [-0.15, -0.1) is 0 Å². The van der Waals surface area contributed by atoms with E-state index in [9.17, 15) is 19.5 Å². The minimum atomic E-state index is -1.01. The lowest BCUT2D eigenvalue weighted by Crippen LogP contribution is -2.59. The Morgan fingerprint density at radius 1 is 1.19 bits per heavy atom. The number of likely N-dealkylation sites (N-methyl/N-ethyl adjacent to an activating group) is 2. The highest BCUT2D eigenvalue weighted by Gasteiger charge is 2.40. The van der Waals surface area contributed by atoms with Gasteiger partial charge in [-0.05, 0) is 60.4 Å². The van der Waals surface area contributed by atoms with Crippen molar-refractivity contribution in [3.8, 4) is 0 Å². The zero-order valence-corrected chi connectivity index (χ0v) is 22.9. The van der Waals surface area contributed by atoms with Crippen molar-refractivity contribution in [1.82, 2.24) is 15.1 Å². The molecule has 3 atom stereocenters. The van der Waals surface area contributed by atoms with Crippen LogP contribution in [-0.4, -0.2) is 71.5 Å². The monoisotopic (exact) mass is 495 g/mol. The van der Waals surface area contributed by atoms with Crippen molar-refractivity contribution < 1.29 is 19.5 Å². The van der Waals surface area contributed by atoms with Gasteiger partial charge in [0.25, 0.3) is 0 Å². The molecule has 7 heteroatoms. The van der Waals surface area contributed by atoms with E-state index in [1.807, 2.05) is 47.7 Å². The summed E-state index contributed by atoms with van der Waals surface area (Å²) in [6, 6.07) is 6.85. The van der Waals surface area contributed by atoms with E-state index >= 15 is 0 Å². The van der Waals surface area contributed by atoms with Crippen LogP contribution < -0.4 is 5.32 Å². The molecule has 3 rings (SSSR count). The number of carboxylic acids is 1. The highest BCUT2D eigenvalue weighted by molar-refractivity contribution is 5.93. The molecule has 0 saturated carbocycles. The normalized spacial score (nSPS) is 20.0. The first-order valence-electron chi connectivity index (χ1n) is 12.7. The van der Waals surface area contributed by atoms with Crippen LogP contribution in [0.5, 0.6) is 0 Å². The topological polar surface area (TPSA) is 90.0 Å². The van der Waals surface area contributed by atoms with Crippen molar-refractivity contribution in [2.24, 2.45) is 11.3 Å². The van der Waals surface area contributed by atoms with Crippen molar-refractivity contribution in [3.05, 3.63) is 52.6 Å². The SMILES string of the molecule is CC(=C[C@H](C(C)C)N(C)C(=O)[C@@H](NC(=O)C1CC2=C(Cc3ccccc32)CN1C)C(C)(C)C)C(=O)O. The molecule has 1 aliphatic carbocycles. The van der Waals surface area contributed by atoms with Crippen LogP contribution >= 0.6 is 0 Å². The summed E-state index contributed by atoms with van der Waals surface area (Å²) in [6.07, 6.45) is 3.16. The molecular formula is C29H41N3O4. The molecule has 1 aromatic rings. The molecule has 2 aliphatic rings. The number of carbonyl (C=O) groups excluding carboxylic acids is 2. The summed E-state index contributed by atoms with van der Waals surface area (Å²) in [5.74, 6) is -1.39. The fraction of sp³-hybridized carbons (Fsp3) is 0.552. The predicted molar refractivity (Wildman–Crippen MR) is 142 cm³/mol. The molecule has 1 heterocycles. The quantitative estimate of drug-likeness (QED) is 0.563. The molecule has 36 heavy (non-hydrogen) atoms. The van der Waals surface area contributed by atoms with E-state index in [2.05, 4.69) is 28.4 Å². The second-order valence-electron chi connectivity index (χ2n) is 11.7. The smallest absolute Gasteiger partial charge is 0.331 e. The summed E-state index contributed by atoms with van der Waals surface area (Å²) in [6.45, 7) is 12.0. The highest BCUT2D eigenvalue weighted by atomic mass is 16.4. The van der Waals surface area contributed by atoms with E-state index in [1.54, 1.807) is 18.0 Å². The maximum atomic E-state index is 13.7. The van der Waals surface area contributed by atoms with Crippen LogP contribution in [0.1, 0.15) is 59.1 Å². The third-order valence-corrected chi connectivity index (χ3v) is 7.48. The first-order valence-corrected chi connectivity index (χ1v) is 12.7. The molecule has 2 N–H and O–H groups in total. The van der Waals surface area contributed by atoms with Crippen molar-refractivity contribution in [2.75, 3.05) is 20.6 Å². The van der Waals surface area contributed by atoms with Crippen LogP contribution in [0.15, 0.2) is 41.5 Å². The Balaban J connectivity index is 1.82. The highest BCUT2D eigenvalue weighted by Crippen LogP contribution is 2.39. The lowest BCUT2D eigenvalue weighted by molar-refractivity contribution is -0.141. The third-order valence-electron chi connectivity index (χ3n) is 7.48. The van der Waals surface area contributed by atoms with Gasteiger partial charge >= 0.3 is 5.97 Å². The number of carbonyl (C=O) groups is 3. The fourth-order valence-corrected chi connectivity index (χ4v) is 5.27. The average molecular weight is 496 g/mol. The minimum absolute atomic E-state index is 0.00170. The van der Waals surface area contributed by atoms with Crippen molar-refractivity contribution >= 4 is 23.4 Å². The maximum Gasteiger partial charge on any atom is 0.331 e. The Labute approximate surface area is 215 Å². The standard InChI is InChI=1S/C29H41N3O4/c1-17(2)23(13-18(3)28(35)36)32(8)27(34)25(29(4,5)6)30-26(33)24-15-22-20(16-31(24)7)14-19-11-9-10-12-21(19)22/h9-13,17,23-25H,14-16H2,1-8H3,(H,30,33)(H,35,36)/t23-,24?,25-/m1/s1. The summed E-state index contributed by atoms with van der Waals surface area (Å²) in [7, 11) is 3.65. The summed E-state index contributed by atoms with van der Waals surface area (Å²) in [5, 5.41) is 12.4. The molecular weight excluding hydrogens is 454 g/mol. The van der Waals surface area contributed by atoms with Crippen LogP contribution in [0.3, 0.4) is 0 Å². The van der Waals surface area contributed by atoms with Gasteiger partial charge in [0.05, 0.1) is 12.1 Å². The zero-order valence-electron chi connectivity index (χ0n) is 22.9. The van der Waals surface area contributed by atoms with E-state index in [1.165, 1.54) is 29.2 Å². The number of nitrogens with one attached hydrogen (secondary N) is 1. The summed E-state index contributed by atoms with van der Waals surface area (Å²) in [5.41, 5.74) is 4.83. The number of benzene rings is 1. The second kappa shape index (κ2) is 10.6. The minimum Gasteiger partial charge on any atom is -0.478 e. The van der Waals surface area contributed by atoms with Gasteiger partial charge in [0.2, 0.25) is 11.8 Å². The molecule has 0 bridgehead atoms. The molecule has 0 fully saturated rings. The molecule has 196 valence electrons. The van der Waals surface area contributed by atoms with Crippen LogP contribution in [0.25, 0.3) is 5.57 Å². The number of aliphatic carboxylic acids is 1. The Bertz CT molecular complexity index is 1100. The fourth-order valence-electron chi connectivity index (χ4n) is 5.27. The largest absolute Gasteiger partial charge is 0.478 e. The van der Waals surface area contributed by atoms with Crippen LogP contribution in [0.4, 0.5) is 0 Å². The average Bonchev–Trinajstić information content (AvgIpc) is 3.15. The molecule has 1 aliphatic heterocycles. The number of nitrogens with zero attached hydrogens (tertiary/aromatic N) is 2. The summed E-state index contributed by atoms with van der Waals surface area (Å²) >= 11 is 0. The third kappa shape index (κ3) is 5.72. The second-order valence-corrected chi connectivity index (χ2v) is 11.7. The Kier molecular flexibility index (Phi) is 8.13. The number of rotatable bonds is 7. The van der Waals surface area contributed by atoms with Crippen LogP contribution in [-0.2, 0) is 20.8 Å².